The van der Waals surface area contributed by atoms with E-state index < -0.39 is 15.9 Å². The minimum atomic E-state index is -4.02. The molecule has 0 aromatic heterocycles. The highest BCUT2D eigenvalue weighted by Gasteiger charge is 2.18. The van der Waals surface area contributed by atoms with Crippen LogP contribution in [0.15, 0.2) is 47.4 Å². The number of benzene rings is 2. The van der Waals surface area contributed by atoms with Gasteiger partial charge in [-0.05, 0) is 49.2 Å². The summed E-state index contributed by atoms with van der Waals surface area (Å²) in [6.45, 7) is 3.63. The second-order valence-corrected chi connectivity index (χ2v) is 5.74. The molecule has 0 heterocycles. The zero-order valence-corrected chi connectivity index (χ0v) is 11.4. The van der Waals surface area contributed by atoms with Gasteiger partial charge in [-0.15, -0.1) is 0 Å². The molecule has 0 spiro atoms. The number of hydrogen-bond donors (Lipinski definition) is 0. The molecule has 0 fully saturated rings. The standard InChI is InChI=1S/C14H13FO3S/c1-10-5-3-8-14(11(10)2)18-19(16,17)13-7-4-6-12(15)9-13/h3-9H,1-2H3. The molecule has 0 aliphatic carbocycles. The van der Waals surface area contributed by atoms with E-state index in [0.29, 0.717) is 0 Å². The molecule has 0 N–H and O–H groups in total. The van der Waals surface area contributed by atoms with Crippen LogP contribution in [0.2, 0.25) is 0 Å². The molecule has 0 bridgehead atoms. The summed E-state index contributed by atoms with van der Waals surface area (Å²) in [5.74, 6) is -0.366. The van der Waals surface area contributed by atoms with Gasteiger partial charge in [-0.1, -0.05) is 18.2 Å². The topological polar surface area (TPSA) is 43.4 Å². The Bertz CT molecular complexity index is 708. The van der Waals surface area contributed by atoms with Crippen molar-refractivity contribution in [3.8, 4) is 5.75 Å². The SMILES string of the molecule is Cc1cccc(OS(=O)(=O)c2cccc(F)c2)c1C. The minimum absolute atomic E-state index is 0.201. The Morgan fingerprint density at radius 3 is 2.42 bits per heavy atom. The molecule has 0 aliphatic rings. The molecule has 0 unspecified atom stereocenters. The predicted molar refractivity (Wildman–Crippen MR) is 70.1 cm³/mol. The van der Waals surface area contributed by atoms with Crippen molar-refractivity contribution in [3.05, 3.63) is 59.4 Å². The summed E-state index contributed by atoms with van der Waals surface area (Å²) in [7, 11) is -4.02. The molecule has 0 radical (unpaired) electrons. The van der Waals surface area contributed by atoms with Gasteiger partial charge in [0.2, 0.25) is 0 Å². The second-order valence-electron chi connectivity index (χ2n) is 4.19. The molecule has 100 valence electrons. The van der Waals surface area contributed by atoms with Crippen molar-refractivity contribution in [2.24, 2.45) is 0 Å². The lowest BCUT2D eigenvalue weighted by atomic mass is 10.1. The first-order valence-electron chi connectivity index (χ1n) is 5.66. The zero-order chi connectivity index (χ0) is 14.0. The van der Waals surface area contributed by atoms with Crippen LogP contribution in [-0.2, 0) is 10.1 Å². The fraction of sp³-hybridized carbons (Fsp3) is 0.143. The first-order chi connectivity index (χ1) is 8.90. The largest absolute Gasteiger partial charge is 0.379 e. The van der Waals surface area contributed by atoms with Gasteiger partial charge in [-0.3, -0.25) is 0 Å². The van der Waals surface area contributed by atoms with E-state index in [1.165, 1.54) is 18.2 Å². The normalized spacial score (nSPS) is 11.3. The van der Waals surface area contributed by atoms with Gasteiger partial charge in [0.25, 0.3) is 0 Å². The van der Waals surface area contributed by atoms with Crippen LogP contribution in [0.5, 0.6) is 5.75 Å². The molecule has 5 heteroatoms. The molecule has 3 nitrogen and oxygen atoms in total. The summed E-state index contributed by atoms with van der Waals surface area (Å²) in [6, 6.07) is 9.87. The van der Waals surface area contributed by atoms with Crippen molar-refractivity contribution < 1.29 is 17.0 Å². The van der Waals surface area contributed by atoms with Crippen molar-refractivity contribution in [3.63, 3.8) is 0 Å². The smallest absolute Gasteiger partial charge is 0.339 e. The highest BCUT2D eigenvalue weighted by Crippen LogP contribution is 2.24. The summed E-state index contributed by atoms with van der Waals surface area (Å²) in [6.07, 6.45) is 0. The Morgan fingerprint density at radius 2 is 1.74 bits per heavy atom. The molecule has 19 heavy (non-hydrogen) atoms. The predicted octanol–water partition coefficient (Wildman–Crippen LogP) is 3.21. The van der Waals surface area contributed by atoms with E-state index in [-0.39, 0.29) is 10.6 Å². The summed E-state index contributed by atoms with van der Waals surface area (Å²) in [4.78, 5) is -0.201. The van der Waals surface area contributed by atoms with Crippen LogP contribution in [0, 0.1) is 19.7 Å². The fourth-order valence-electron chi connectivity index (χ4n) is 1.60. The minimum Gasteiger partial charge on any atom is -0.379 e. The molecule has 0 saturated carbocycles. The first-order valence-corrected chi connectivity index (χ1v) is 7.07. The lowest BCUT2D eigenvalue weighted by Crippen LogP contribution is -2.11. The highest BCUT2D eigenvalue weighted by molar-refractivity contribution is 7.87. The van der Waals surface area contributed by atoms with Gasteiger partial charge < -0.3 is 4.18 Å². The van der Waals surface area contributed by atoms with Gasteiger partial charge in [0.15, 0.2) is 0 Å². The summed E-state index contributed by atoms with van der Waals surface area (Å²) in [5, 5.41) is 0. The van der Waals surface area contributed by atoms with Crippen LogP contribution in [0.25, 0.3) is 0 Å². The van der Waals surface area contributed by atoms with Crippen molar-refractivity contribution in [1.82, 2.24) is 0 Å². The Kier molecular flexibility index (Phi) is 3.57. The maximum absolute atomic E-state index is 13.1. The Labute approximate surface area is 111 Å². The van der Waals surface area contributed by atoms with Gasteiger partial charge in [-0.25, -0.2) is 4.39 Å². The lowest BCUT2D eigenvalue weighted by molar-refractivity contribution is 0.482. The van der Waals surface area contributed by atoms with Crippen molar-refractivity contribution in [2.75, 3.05) is 0 Å². The van der Waals surface area contributed by atoms with Crippen molar-refractivity contribution >= 4 is 10.1 Å². The zero-order valence-electron chi connectivity index (χ0n) is 10.6. The van der Waals surface area contributed by atoms with E-state index in [1.54, 1.807) is 19.1 Å². The third-order valence-electron chi connectivity index (χ3n) is 2.84. The third-order valence-corrected chi connectivity index (χ3v) is 4.07. The van der Waals surface area contributed by atoms with E-state index >= 15 is 0 Å². The van der Waals surface area contributed by atoms with E-state index in [4.69, 9.17) is 4.18 Å². The van der Waals surface area contributed by atoms with E-state index in [1.807, 2.05) is 13.0 Å². The Morgan fingerprint density at radius 1 is 1.05 bits per heavy atom. The van der Waals surface area contributed by atoms with Crippen molar-refractivity contribution in [1.29, 1.82) is 0 Å². The van der Waals surface area contributed by atoms with Crippen LogP contribution in [0.1, 0.15) is 11.1 Å². The second kappa shape index (κ2) is 5.01. The first kappa shape index (κ1) is 13.5. The number of halogens is 1. The van der Waals surface area contributed by atoms with Crippen LogP contribution in [0.4, 0.5) is 4.39 Å². The third kappa shape index (κ3) is 2.93. The van der Waals surface area contributed by atoms with Crippen LogP contribution >= 0.6 is 0 Å². The summed E-state index contributed by atoms with van der Waals surface area (Å²) in [5.41, 5.74) is 1.66. The van der Waals surface area contributed by atoms with Crippen LogP contribution < -0.4 is 4.18 Å². The number of rotatable bonds is 3. The number of hydrogen-bond acceptors (Lipinski definition) is 3. The Balaban J connectivity index is 2.39. The average Bonchev–Trinajstić information content (AvgIpc) is 2.35. The quantitative estimate of drug-likeness (QED) is 0.811. The van der Waals surface area contributed by atoms with Gasteiger partial charge in [0.1, 0.15) is 16.5 Å². The molecular formula is C14H13FO3S. The highest BCUT2D eigenvalue weighted by atomic mass is 32.2. The lowest BCUT2D eigenvalue weighted by Gasteiger charge is -2.10. The van der Waals surface area contributed by atoms with Gasteiger partial charge in [0, 0.05) is 0 Å². The monoisotopic (exact) mass is 280 g/mol. The van der Waals surface area contributed by atoms with Crippen LogP contribution in [0.3, 0.4) is 0 Å². The van der Waals surface area contributed by atoms with E-state index in [2.05, 4.69) is 0 Å². The van der Waals surface area contributed by atoms with Gasteiger partial charge in [-0.2, -0.15) is 8.42 Å². The maximum atomic E-state index is 13.1. The maximum Gasteiger partial charge on any atom is 0.339 e. The fourth-order valence-corrected chi connectivity index (χ4v) is 2.62. The van der Waals surface area contributed by atoms with E-state index in [0.717, 1.165) is 17.2 Å². The number of aryl methyl sites for hydroxylation is 1. The van der Waals surface area contributed by atoms with Crippen LogP contribution in [-0.4, -0.2) is 8.42 Å². The molecule has 2 rings (SSSR count). The summed E-state index contributed by atoms with van der Waals surface area (Å²) >= 11 is 0. The average molecular weight is 280 g/mol. The van der Waals surface area contributed by atoms with Gasteiger partial charge in [0.05, 0.1) is 0 Å². The molecule has 0 saturated heterocycles. The molecule has 0 aliphatic heterocycles. The van der Waals surface area contributed by atoms with E-state index in [9.17, 15) is 12.8 Å². The van der Waals surface area contributed by atoms with Crippen molar-refractivity contribution in [2.45, 2.75) is 18.7 Å². The van der Waals surface area contributed by atoms with Gasteiger partial charge >= 0.3 is 10.1 Å². The molecular weight excluding hydrogens is 267 g/mol. The Hall–Kier alpha value is -1.88. The molecule has 0 amide bonds. The molecule has 2 aromatic carbocycles. The molecule has 0 atom stereocenters. The molecule has 2 aromatic rings. The summed E-state index contributed by atoms with van der Waals surface area (Å²) < 4.78 is 42.2.